The van der Waals surface area contributed by atoms with Gasteiger partial charge in [-0.05, 0) is 38.0 Å². The number of ketones is 1. The lowest BCUT2D eigenvalue weighted by atomic mass is 9.92. The molecule has 0 aromatic heterocycles. The van der Waals surface area contributed by atoms with Crippen LogP contribution < -0.4 is 16.0 Å². The minimum Gasteiger partial charge on any atom is -0.495 e. The average molecular weight is 492 g/mol. The van der Waals surface area contributed by atoms with Crippen LogP contribution in [0.15, 0.2) is 50.0 Å². The van der Waals surface area contributed by atoms with Crippen molar-refractivity contribution in [2.24, 2.45) is 5.41 Å². The number of hydrogen-bond donors (Lipinski definition) is 3. The molecule has 0 fully saturated rings. The largest absolute Gasteiger partial charge is 0.495 e. The number of esters is 1. The smallest absolute Gasteiger partial charge is 0.328 e. The Morgan fingerprint density at radius 1 is 0.914 bits per heavy atom. The highest BCUT2D eigenvalue weighted by atomic mass is 16.5. The summed E-state index contributed by atoms with van der Waals surface area (Å²) in [5.74, 6) is 0.429. The molecule has 0 aliphatic carbocycles. The highest BCUT2D eigenvalue weighted by Gasteiger charge is 2.22. The molecule has 2 atom stereocenters. The molecule has 0 saturated heterocycles. The maximum absolute atomic E-state index is 12.5. The number of carbonyl (C=O) groups excluding carboxylic acids is 3. The Morgan fingerprint density at radius 3 is 2.09 bits per heavy atom. The number of amides is 1. The van der Waals surface area contributed by atoms with Gasteiger partial charge in [-0.15, -0.1) is 0 Å². The number of hydrogen-bond acceptors (Lipinski definition) is 7. The fourth-order valence-corrected chi connectivity index (χ4v) is 3.13. The second-order valence-electron chi connectivity index (χ2n) is 9.66. The molecule has 35 heavy (non-hydrogen) atoms. The second-order valence-corrected chi connectivity index (χ2v) is 9.66. The van der Waals surface area contributed by atoms with Crippen LogP contribution in [-0.2, 0) is 23.9 Å². The molecule has 0 radical (unpaired) electrons. The lowest BCUT2D eigenvalue weighted by molar-refractivity contribution is -0.145. The molecule has 0 spiro atoms. The number of Topliss-reactive ketones (excluding diaryl/α,β-unsaturated/α-hetero) is 1. The van der Waals surface area contributed by atoms with Gasteiger partial charge in [0.25, 0.3) is 0 Å². The summed E-state index contributed by atoms with van der Waals surface area (Å²) in [7, 11) is 0. The zero-order chi connectivity index (χ0) is 26.9. The van der Waals surface area contributed by atoms with Crippen LogP contribution in [0.5, 0.6) is 0 Å². The van der Waals surface area contributed by atoms with E-state index in [9.17, 15) is 14.4 Å². The van der Waals surface area contributed by atoms with Crippen LogP contribution in [0.4, 0.5) is 0 Å². The number of unbranched alkanes of at least 4 members (excludes halogenated alkanes) is 1. The summed E-state index contributed by atoms with van der Waals surface area (Å²) < 4.78 is 10.6. The summed E-state index contributed by atoms with van der Waals surface area (Å²) in [5.41, 5.74) is -0.0645. The molecule has 198 valence electrons. The number of allylic oxidation sites excluding steroid dienone is 1. The van der Waals surface area contributed by atoms with Crippen LogP contribution >= 0.6 is 0 Å². The van der Waals surface area contributed by atoms with Crippen LogP contribution in [0.3, 0.4) is 0 Å². The molecule has 0 aromatic carbocycles. The van der Waals surface area contributed by atoms with E-state index in [1.165, 1.54) is 13.0 Å². The fraction of sp³-hybridized carbons (Fsp3) is 0.593. The lowest BCUT2D eigenvalue weighted by Crippen LogP contribution is -2.45. The summed E-state index contributed by atoms with van der Waals surface area (Å²) in [4.78, 5) is 36.6. The van der Waals surface area contributed by atoms with Crippen LogP contribution in [0, 0.1) is 5.41 Å². The van der Waals surface area contributed by atoms with Gasteiger partial charge in [-0.25, -0.2) is 4.79 Å². The summed E-state index contributed by atoms with van der Waals surface area (Å²) >= 11 is 0. The van der Waals surface area contributed by atoms with Crippen LogP contribution in [-0.4, -0.2) is 49.5 Å². The van der Waals surface area contributed by atoms with E-state index in [0.717, 1.165) is 0 Å². The maximum Gasteiger partial charge on any atom is 0.328 e. The third-order valence-corrected chi connectivity index (χ3v) is 4.87. The van der Waals surface area contributed by atoms with Crippen molar-refractivity contribution in [1.29, 1.82) is 0 Å². The van der Waals surface area contributed by atoms with E-state index < -0.39 is 18.1 Å². The molecule has 3 N–H and O–H groups in total. The molecule has 0 aromatic rings. The SMILES string of the molecule is C=CCOC(=C)CCC(NC(=C)NC(CCCCNC(=O)CC(C)(C)C)C(=O)OCC=C)C(C)=O. The van der Waals surface area contributed by atoms with E-state index in [1.807, 2.05) is 20.8 Å². The van der Waals surface area contributed by atoms with Gasteiger partial charge >= 0.3 is 5.97 Å². The van der Waals surface area contributed by atoms with Crippen LogP contribution in [0.2, 0.25) is 0 Å². The van der Waals surface area contributed by atoms with Crippen molar-refractivity contribution in [3.05, 3.63) is 50.0 Å². The van der Waals surface area contributed by atoms with Crippen molar-refractivity contribution in [2.45, 2.75) is 78.3 Å². The first kappa shape index (κ1) is 32.0. The zero-order valence-electron chi connectivity index (χ0n) is 22.0. The Hall–Kier alpha value is -3.03. The minimum atomic E-state index is -0.654. The first-order chi connectivity index (χ1) is 16.4. The van der Waals surface area contributed by atoms with Gasteiger partial charge in [-0.1, -0.05) is 59.2 Å². The lowest BCUT2D eigenvalue weighted by Gasteiger charge is -2.24. The van der Waals surface area contributed by atoms with Gasteiger partial charge in [-0.3, -0.25) is 9.59 Å². The number of carbonyl (C=O) groups is 3. The standard InChI is InChI=1S/C27H45N3O5/c1-9-17-34-20(3)14-15-23(21(4)31)29-22(5)30-24(26(33)35-18-10-2)13-11-12-16-28-25(32)19-27(6,7)8/h9-10,23-24,29-30H,1-3,5,11-19H2,4,6-8H3,(H,28,32). The van der Waals surface area contributed by atoms with Crippen molar-refractivity contribution in [1.82, 2.24) is 16.0 Å². The van der Waals surface area contributed by atoms with Crippen LogP contribution in [0.25, 0.3) is 0 Å². The molecule has 2 unspecified atom stereocenters. The Kier molecular flexibility index (Phi) is 15.9. The third-order valence-electron chi connectivity index (χ3n) is 4.87. The third kappa shape index (κ3) is 17.1. The predicted octanol–water partition coefficient (Wildman–Crippen LogP) is 3.91. The molecule has 1 amide bonds. The molecule has 0 aliphatic heterocycles. The average Bonchev–Trinajstić information content (AvgIpc) is 2.76. The van der Waals surface area contributed by atoms with E-state index in [0.29, 0.717) is 63.3 Å². The van der Waals surface area contributed by atoms with E-state index in [4.69, 9.17) is 9.47 Å². The Morgan fingerprint density at radius 2 is 1.51 bits per heavy atom. The first-order valence-electron chi connectivity index (χ1n) is 12.1. The summed E-state index contributed by atoms with van der Waals surface area (Å²) in [6.07, 6.45) is 6.41. The molecule has 0 rings (SSSR count). The van der Waals surface area contributed by atoms with Gasteiger partial charge in [0.05, 0.1) is 17.6 Å². The Labute approximate surface area is 211 Å². The van der Waals surface area contributed by atoms with Gasteiger partial charge in [-0.2, -0.15) is 0 Å². The normalized spacial score (nSPS) is 12.5. The van der Waals surface area contributed by atoms with Crippen LogP contribution in [0.1, 0.15) is 66.2 Å². The Balaban J connectivity index is 4.79. The summed E-state index contributed by atoms with van der Waals surface area (Å²) in [6.45, 7) is 23.5. The number of rotatable bonds is 20. The van der Waals surface area contributed by atoms with Gasteiger partial charge in [0, 0.05) is 19.4 Å². The Bertz CT molecular complexity index is 740. The molecular formula is C27H45N3O5. The van der Waals surface area contributed by atoms with E-state index in [-0.39, 0.29) is 23.7 Å². The van der Waals surface area contributed by atoms with Crippen molar-refractivity contribution >= 4 is 17.7 Å². The van der Waals surface area contributed by atoms with E-state index in [1.54, 1.807) is 6.08 Å². The topological polar surface area (TPSA) is 106 Å². The van der Waals surface area contributed by atoms with E-state index in [2.05, 4.69) is 42.3 Å². The zero-order valence-corrected chi connectivity index (χ0v) is 22.0. The quantitative estimate of drug-likeness (QED) is 0.103. The van der Waals surface area contributed by atoms with Crippen molar-refractivity contribution in [3.63, 3.8) is 0 Å². The summed E-state index contributed by atoms with van der Waals surface area (Å²) in [6, 6.07) is -1.17. The van der Waals surface area contributed by atoms with Gasteiger partial charge in [0.15, 0.2) is 5.78 Å². The molecule has 8 heteroatoms. The van der Waals surface area contributed by atoms with Gasteiger partial charge < -0.3 is 25.4 Å². The highest BCUT2D eigenvalue weighted by Crippen LogP contribution is 2.17. The second kappa shape index (κ2) is 17.4. The van der Waals surface area contributed by atoms with Crippen molar-refractivity contribution < 1.29 is 23.9 Å². The monoisotopic (exact) mass is 491 g/mol. The molecule has 0 heterocycles. The number of ether oxygens (including phenoxy) is 2. The number of nitrogens with one attached hydrogen (secondary N) is 3. The molecule has 0 saturated carbocycles. The van der Waals surface area contributed by atoms with Gasteiger partial charge in [0.2, 0.25) is 5.91 Å². The molecule has 0 bridgehead atoms. The summed E-state index contributed by atoms with van der Waals surface area (Å²) in [5, 5.41) is 9.01. The minimum absolute atomic E-state index is 0.0167. The maximum atomic E-state index is 12.5. The fourth-order valence-electron chi connectivity index (χ4n) is 3.13. The molecule has 8 nitrogen and oxygen atoms in total. The highest BCUT2D eigenvalue weighted by molar-refractivity contribution is 5.81. The van der Waals surface area contributed by atoms with Crippen molar-refractivity contribution in [3.8, 4) is 0 Å². The van der Waals surface area contributed by atoms with Crippen molar-refractivity contribution in [2.75, 3.05) is 19.8 Å². The van der Waals surface area contributed by atoms with E-state index >= 15 is 0 Å². The first-order valence-corrected chi connectivity index (χ1v) is 12.1. The predicted molar refractivity (Wildman–Crippen MR) is 140 cm³/mol. The molecule has 0 aliphatic rings. The van der Waals surface area contributed by atoms with Gasteiger partial charge in [0.1, 0.15) is 19.3 Å². The molecular weight excluding hydrogens is 446 g/mol.